The van der Waals surface area contributed by atoms with Crippen molar-refractivity contribution >= 4 is 5.97 Å². The highest BCUT2D eigenvalue weighted by molar-refractivity contribution is 5.91. The number of carbonyl (C=O) groups excluding carboxylic acids is 1. The number of benzene rings is 2. The summed E-state index contributed by atoms with van der Waals surface area (Å²) >= 11 is 0. The van der Waals surface area contributed by atoms with Crippen LogP contribution in [0.2, 0.25) is 0 Å². The van der Waals surface area contributed by atoms with Crippen LogP contribution in [0.5, 0.6) is 0 Å². The molecule has 2 rings (SSSR count). The molecule has 0 saturated heterocycles. The SMILES string of the molecule is CCOC(=O)c1ccccc1Cc1ccc(CCN)cc1. The van der Waals surface area contributed by atoms with E-state index in [4.69, 9.17) is 10.5 Å². The number of hydrogen-bond acceptors (Lipinski definition) is 3. The monoisotopic (exact) mass is 283 g/mol. The first kappa shape index (κ1) is 15.3. The van der Waals surface area contributed by atoms with Crippen LogP contribution in [0, 0.1) is 0 Å². The molecule has 110 valence electrons. The lowest BCUT2D eigenvalue weighted by molar-refractivity contribution is 0.0525. The van der Waals surface area contributed by atoms with Gasteiger partial charge in [-0.1, -0.05) is 42.5 Å². The smallest absolute Gasteiger partial charge is 0.338 e. The van der Waals surface area contributed by atoms with E-state index in [2.05, 4.69) is 24.3 Å². The maximum absolute atomic E-state index is 12.0. The molecule has 0 fully saturated rings. The molecule has 0 saturated carbocycles. The first-order valence-corrected chi connectivity index (χ1v) is 7.27. The molecule has 21 heavy (non-hydrogen) atoms. The second-order valence-corrected chi connectivity index (χ2v) is 4.91. The molecule has 2 aromatic carbocycles. The lowest BCUT2D eigenvalue weighted by Crippen LogP contribution is -2.08. The Labute approximate surface area is 125 Å². The van der Waals surface area contributed by atoms with Crippen LogP contribution in [0.1, 0.15) is 34.0 Å². The van der Waals surface area contributed by atoms with Gasteiger partial charge in [0.1, 0.15) is 0 Å². The van der Waals surface area contributed by atoms with Crippen molar-refractivity contribution in [1.29, 1.82) is 0 Å². The van der Waals surface area contributed by atoms with Gasteiger partial charge in [0.25, 0.3) is 0 Å². The van der Waals surface area contributed by atoms with E-state index in [1.165, 1.54) is 11.1 Å². The number of ether oxygens (including phenoxy) is 1. The Kier molecular flexibility index (Phi) is 5.52. The van der Waals surface area contributed by atoms with Crippen LogP contribution in [0.3, 0.4) is 0 Å². The predicted octanol–water partition coefficient (Wildman–Crippen LogP) is 2.96. The van der Waals surface area contributed by atoms with Crippen LogP contribution in [-0.2, 0) is 17.6 Å². The van der Waals surface area contributed by atoms with E-state index in [9.17, 15) is 4.79 Å². The zero-order valence-corrected chi connectivity index (χ0v) is 12.3. The van der Waals surface area contributed by atoms with Gasteiger partial charge in [-0.25, -0.2) is 4.79 Å². The Bertz CT molecular complexity index is 590. The van der Waals surface area contributed by atoms with Gasteiger partial charge in [-0.3, -0.25) is 0 Å². The molecule has 2 N–H and O–H groups in total. The van der Waals surface area contributed by atoms with Gasteiger partial charge in [0.15, 0.2) is 0 Å². The minimum Gasteiger partial charge on any atom is -0.462 e. The molecule has 0 unspecified atom stereocenters. The average molecular weight is 283 g/mol. The fourth-order valence-electron chi connectivity index (χ4n) is 2.29. The first-order valence-electron chi connectivity index (χ1n) is 7.27. The molecule has 0 aliphatic heterocycles. The van der Waals surface area contributed by atoms with Gasteiger partial charge in [0, 0.05) is 0 Å². The van der Waals surface area contributed by atoms with Crippen molar-refractivity contribution < 1.29 is 9.53 Å². The van der Waals surface area contributed by atoms with Crippen molar-refractivity contribution in [3.63, 3.8) is 0 Å². The summed E-state index contributed by atoms with van der Waals surface area (Å²) < 4.78 is 5.10. The van der Waals surface area contributed by atoms with Crippen molar-refractivity contribution in [2.75, 3.05) is 13.2 Å². The van der Waals surface area contributed by atoms with E-state index in [1.807, 2.05) is 31.2 Å². The lowest BCUT2D eigenvalue weighted by atomic mass is 9.98. The van der Waals surface area contributed by atoms with E-state index in [0.29, 0.717) is 18.7 Å². The highest BCUT2D eigenvalue weighted by atomic mass is 16.5. The van der Waals surface area contributed by atoms with Gasteiger partial charge in [0.2, 0.25) is 0 Å². The molecule has 0 spiro atoms. The van der Waals surface area contributed by atoms with Gasteiger partial charge >= 0.3 is 5.97 Å². The Morgan fingerprint density at radius 2 is 1.71 bits per heavy atom. The summed E-state index contributed by atoms with van der Waals surface area (Å²) in [4.78, 5) is 12.0. The fourth-order valence-corrected chi connectivity index (χ4v) is 2.29. The molecule has 0 aliphatic rings. The quantitative estimate of drug-likeness (QED) is 0.829. The Morgan fingerprint density at radius 1 is 1.05 bits per heavy atom. The van der Waals surface area contributed by atoms with Crippen LogP contribution in [0.25, 0.3) is 0 Å². The third kappa shape index (κ3) is 4.17. The second kappa shape index (κ2) is 7.60. The third-order valence-corrected chi connectivity index (χ3v) is 3.36. The van der Waals surface area contributed by atoms with E-state index < -0.39 is 0 Å². The zero-order valence-electron chi connectivity index (χ0n) is 12.3. The molecule has 2 aromatic rings. The molecule has 3 nitrogen and oxygen atoms in total. The molecule has 0 aliphatic carbocycles. The van der Waals surface area contributed by atoms with E-state index in [1.54, 1.807) is 0 Å². The molecule has 0 bridgehead atoms. The van der Waals surface area contributed by atoms with Crippen LogP contribution < -0.4 is 5.73 Å². The minimum atomic E-state index is -0.257. The molecule has 0 aromatic heterocycles. The topological polar surface area (TPSA) is 52.3 Å². The summed E-state index contributed by atoms with van der Waals surface area (Å²) in [6.45, 7) is 2.86. The van der Waals surface area contributed by atoms with Crippen molar-refractivity contribution in [3.05, 3.63) is 70.8 Å². The maximum atomic E-state index is 12.0. The fraction of sp³-hybridized carbons (Fsp3) is 0.278. The lowest BCUT2D eigenvalue weighted by Gasteiger charge is -2.09. The average Bonchev–Trinajstić information content (AvgIpc) is 2.50. The van der Waals surface area contributed by atoms with Crippen LogP contribution in [-0.4, -0.2) is 19.1 Å². The molecule has 0 heterocycles. The van der Waals surface area contributed by atoms with Crippen LogP contribution in [0.15, 0.2) is 48.5 Å². The molecular formula is C18H21NO2. The summed E-state index contributed by atoms with van der Waals surface area (Å²) in [6.07, 6.45) is 1.61. The highest BCUT2D eigenvalue weighted by Crippen LogP contribution is 2.16. The summed E-state index contributed by atoms with van der Waals surface area (Å²) in [6, 6.07) is 16.0. The van der Waals surface area contributed by atoms with Crippen LogP contribution in [0.4, 0.5) is 0 Å². The van der Waals surface area contributed by atoms with Gasteiger partial charge in [-0.05, 0) is 49.1 Å². The summed E-state index contributed by atoms with van der Waals surface area (Å²) in [5.74, 6) is -0.257. The Morgan fingerprint density at radius 3 is 2.38 bits per heavy atom. The van der Waals surface area contributed by atoms with Gasteiger partial charge in [0.05, 0.1) is 12.2 Å². The van der Waals surface area contributed by atoms with Crippen molar-refractivity contribution in [2.24, 2.45) is 5.73 Å². The van der Waals surface area contributed by atoms with Crippen LogP contribution >= 0.6 is 0 Å². The largest absolute Gasteiger partial charge is 0.462 e. The number of rotatable bonds is 6. The molecular weight excluding hydrogens is 262 g/mol. The standard InChI is InChI=1S/C18H21NO2/c1-2-21-18(20)17-6-4-3-5-16(17)13-15-9-7-14(8-10-15)11-12-19/h3-10H,2,11-13,19H2,1H3. The van der Waals surface area contributed by atoms with E-state index in [0.717, 1.165) is 18.4 Å². The summed E-state index contributed by atoms with van der Waals surface area (Å²) in [5, 5.41) is 0. The first-order chi connectivity index (χ1) is 10.2. The zero-order chi connectivity index (χ0) is 15.1. The molecule has 0 atom stereocenters. The Hall–Kier alpha value is -2.13. The number of hydrogen-bond donors (Lipinski definition) is 1. The van der Waals surface area contributed by atoms with E-state index in [-0.39, 0.29) is 5.97 Å². The van der Waals surface area contributed by atoms with Gasteiger partial charge in [-0.15, -0.1) is 0 Å². The second-order valence-electron chi connectivity index (χ2n) is 4.91. The summed E-state index contributed by atoms with van der Waals surface area (Å²) in [7, 11) is 0. The minimum absolute atomic E-state index is 0.257. The van der Waals surface area contributed by atoms with Crippen molar-refractivity contribution in [1.82, 2.24) is 0 Å². The van der Waals surface area contributed by atoms with Crippen molar-refractivity contribution in [3.8, 4) is 0 Å². The highest BCUT2D eigenvalue weighted by Gasteiger charge is 2.11. The molecule has 3 heteroatoms. The van der Waals surface area contributed by atoms with Gasteiger partial charge < -0.3 is 10.5 Å². The number of nitrogens with two attached hydrogens (primary N) is 1. The Balaban J connectivity index is 2.17. The normalized spacial score (nSPS) is 10.4. The predicted molar refractivity (Wildman–Crippen MR) is 84.4 cm³/mol. The summed E-state index contributed by atoms with van der Waals surface area (Å²) in [5.41, 5.74) is 9.59. The number of carbonyl (C=O) groups is 1. The van der Waals surface area contributed by atoms with Crippen molar-refractivity contribution in [2.45, 2.75) is 19.8 Å². The van der Waals surface area contributed by atoms with Gasteiger partial charge in [-0.2, -0.15) is 0 Å². The maximum Gasteiger partial charge on any atom is 0.338 e. The van der Waals surface area contributed by atoms with E-state index >= 15 is 0 Å². The number of esters is 1. The molecule has 0 amide bonds. The third-order valence-electron chi connectivity index (χ3n) is 3.36. The molecule has 0 radical (unpaired) electrons.